The Morgan fingerprint density at radius 2 is 1.80 bits per heavy atom. The zero-order valence-electron chi connectivity index (χ0n) is 14.4. The zero-order chi connectivity index (χ0) is 18.4. The number of carbonyl (C=O) groups is 1. The Balaban J connectivity index is 2.20. The van der Waals surface area contributed by atoms with Crippen LogP contribution in [0.15, 0.2) is 53.4 Å². The van der Waals surface area contributed by atoms with Crippen LogP contribution in [0.1, 0.15) is 31.1 Å². The fourth-order valence-corrected chi connectivity index (χ4v) is 3.25. The van der Waals surface area contributed by atoms with Crippen LogP contribution in [0.5, 0.6) is 5.75 Å². The Bertz CT molecular complexity index is 830. The lowest BCUT2D eigenvalue weighted by molar-refractivity contribution is 0.0943. The molecule has 0 aliphatic carbocycles. The molecule has 0 spiro atoms. The van der Waals surface area contributed by atoms with Crippen molar-refractivity contribution in [3.05, 3.63) is 54.1 Å². The van der Waals surface area contributed by atoms with E-state index in [0.29, 0.717) is 23.6 Å². The third-order valence-corrected chi connectivity index (χ3v) is 4.62. The van der Waals surface area contributed by atoms with E-state index in [1.165, 1.54) is 12.1 Å². The summed E-state index contributed by atoms with van der Waals surface area (Å²) in [5.41, 5.74) is 0.712. The Morgan fingerprint density at radius 1 is 1.12 bits per heavy atom. The molecule has 0 aromatic heterocycles. The van der Waals surface area contributed by atoms with Gasteiger partial charge in [-0.05, 0) is 63.2 Å². The summed E-state index contributed by atoms with van der Waals surface area (Å²) in [6.45, 7) is 6.09. The van der Waals surface area contributed by atoms with E-state index in [2.05, 4.69) is 10.0 Å². The van der Waals surface area contributed by atoms with Crippen LogP contribution in [0, 0.1) is 0 Å². The van der Waals surface area contributed by atoms with Gasteiger partial charge in [0.2, 0.25) is 0 Å². The van der Waals surface area contributed by atoms with Crippen LogP contribution in [0.2, 0.25) is 0 Å². The minimum atomic E-state index is -3.79. The van der Waals surface area contributed by atoms with Crippen molar-refractivity contribution in [2.45, 2.75) is 31.7 Å². The number of ether oxygens (including phenoxy) is 1. The van der Waals surface area contributed by atoms with E-state index < -0.39 is 10.0 Å². The number of anilines is 1. The third-order valence-electron chi connectivity index (χ3n) is 3.24. The number of hydrogen-bond donors (Lipinski definition) is 2. The molecular formula is C18H22N2O4S. The molecule has 0 unspecified atom stereocenters. The van der Waals surface area contributed by atoms with Gasteiger partial charge in [-0.2, -0.15) is 0 Å². The number of benzene rings is 2. The third kappa shape index (κ3) is 5.22. The summed E-state index contributed by atoms with van der Waals surface area (Å²) < 4.78 is 32.9. The molecule has 0 aliphatic heterocycles. The molecule has 2 aromatic rings. The summed E-state index contributed by atoms with van der Waals surface area (Å²) in [7, 11) is -3.79. The molecule has 7 heteroatoms. The van der Waals surface area contributed by atoms with Gasteiger partial charge in [-0.25, -0.2) is 8.42 Å². The molecule has 6 nitrogen and oxygen atoms in total. The number of rotatable bonds is 7. The van der Waals surface area contributed by atoms with E-state index in [-0.39, 0.29) is 16.8 Å². The molecule has 0 radical (unpaired) electrons. The van der Waals surface area contributed by atoms with Crippen LogP contribution in [-0.4, -0.2) is 27.0 Å². The van der Waals surface area contributed by atoms with Crippen molar-refractivity contribution in [2.75, 3.05) is 11.3 Å². The van der Waals surface area contributed by atoms with E-state index in [9.17, 15) is 13.2 Å². The zero-order valence-corrected chi connectivity index (χ0v) is 15.3. The summed E-state index contributed by atoms with van der Waals surface area (Å²) in [6.07, 6.45) is 0. The van der Waals surface area contributed by atoms with Gasteiger partial charge in [-0.1, -0.05) is 6.07 Å². The number of carbonyl (C=O) groups excluding carboxylic acids is 1. The van der Waals surface area contributed by atoms with Crippen molar-refractivity contribution in [1.29, 1.82) is 0 Å². The maximum atomic E-state index is 12.5. The van der Waals surface area contributed by atoms with Crippen LogP contribution in [-0.2, 0) is 10.0 Å². The second-order valence-corrected chi connectivity index (χ2v) is 7.40. The topological polar surface area (TPSA) is 84.5 Å². The van der Waals surface area contributed by atoms with Gasteiger partial charge in [-0.3, -0.25) is 9.52 Å². The van der Waals surface area contributed by atoms with E-state index in [1.807, 2.05) is 20.8 Å². The number of nitrogens with one attached hydrogen (secondary N) is 2. The molecule has 1 amide bonds. The van der Waals surface area contributed by atoms with Crippen LogP contribution in [0.25, 0.3) is 0 Å². The predicted octanol–water partition coefficient (Wildman–Crippen LogP) is 3.02. The van der Waals surface area contributed by atoms with Gasteiger partial charge in [0.05, 0.1) is 11.5 Å². The Kier molecular flexibility index (Phi) is 6.03. The van der Waals surface area contributed by atoms with Gasteiger partial charge in [0.1, 0.15) is 5.75 Å². The first kappa shape index (κ1) is 18.8. The average molecular weight is 362 g/mol. The lowest BCUT2D eigenvalue weighted by atomic mass is 10.2. The molecule has 0 saturated heterocycles. The molecule has 25 heavy (non-hydrogen) atoms. The van der Waals surface area contributed by atoms with Crippen molar-refractivity contribution in [2.24, 2.45) is 0 Å². The molecule has 2 N–H and O–H groups in total. The molecule has 0 fully saturated rings. The SMILES string of the molecule is CCOc1ccc(NS(=O)(=O)c2cccc(C(=O)NC(C)C)c2)cc1. The van der Waals surface area contributed by atoms with E-state index in [0.717, 1.165) is 0 Å². The smallest absolute Gasteiger partial charge is 0.261 e. The molecule has 0 heterocycles. The van der Waals surface area contributed by atoms with E-state index in [1.54, 1.807) is 36.4 Å². The highest BCUT2D eigenvalue weighted by Crippen LogP contribution is 2.20. The summed E-state index contributed by atoms with van der Waals surface area (Å²) >= 11 is 0. The minimum absolute atomic E-state index is 0.0257. The number of amides is 1. The average Bonchev–Trinajstić information content (AvgIpc) is 2.56. The quantitative estimate of drug-likeness (QED) is 0.793. The van der Waals surface area contributed by atoms with E-state index >= 15 is 0 Å². The van der Waals surface area contributed by atoms with E-state index in [4.69, 9.17) is 4.74 Å². The summed E-state index contributed by atoms with van der Waals surface area (Å²) in [6, 6.07) is 12.5. The van der Waals surface area contributed by atoms with Gasteiger partial charge in [0.15, 0.2) is 0 Å². The maximum absolute atomic E-state index is 12.5. The van der Waals surface area contributed by atoms with Crippen molar-refractivity contribution in [1.82, 2.24) is 5.32 Å². The monoisotopic (exact) mass is 362 g/mol. The molecule has 0 atom stereocenters. The van der Waals surface area contributed by atoms with Crippen LogP contribution in [0.4, 0.5) is 5.69 Å². The summed E-state index contributed by atoms with van der Waals surface area (Å²) in [5, 5.41) is 2.74. The number of hydrogen-bond acceptors (Lipinski definition) is 4. The van der Waals surface area contributed by atoms with Gasteiger partial charge in [-0.15, -0.1) is 0 Å². The predicted molar refractivity (Wildman–Crippen MR) is 97.5 cm³/mol. The normalized spacial score (nSPS) is 11.2. The van der Waals surface area contributed by atoms with Crippen molar-refractivity contribution in [3.63, 3.8) is 0 Å². The first-order valence-electron chi connectivity index (χ1n) is 7.98. The largest absolute Gasteiger partial charge is 0.494 e. The molecule has 2 rings (SSSR count). The van der Waals surface area contributed by atoms with Gasteiger partial charge in [0.25, 0.3) is 15.9 Å². The first-order valence-corrected chi connectivity index (χ1v) is 9.46. The molecule has 0 aliphatic rings. The second kappa shape index (κ2) is 8.02. The standard InChI is InChI=1S/C18H22N2O4S/c1-4-24-16-10-8-15(9-11-16)20-25(22,23)17-7-5-6-14(12-17)18(21)19-13(2)3/h5-13,20H,4H2,1-3H3,(H,19,21). The fraction of sp³-hybridized carbons (Fsp3) is 0.278. The first-order chi connectivity index (χ1) is 11.8. The van der Waals surface area contributed by atoms with Crippen LogP contribution in [0.3, 0.4) is 0 Å². The van der Waals surface area contributed by atoms with Gasteiger partial charge >= 0.3 is 0 Å². The highest BCUT2D eigenvalue weighted by atomic mass is 32.2. The Hall–Kier alpha value is -2.54. The molecule has 0 bridgehead atoms. The molecular weight excluding hydrogens is 340 g/mol. The molecule has 134 valence electrons. The van der Waals surface area contributed by atoms with Crippen molar-refractivity contribution >= 4 is 21.6 Å². The van der Waals surface area contributed by atoms with Gasteiger partial charge in [0, 0.05) is 17.3 Å². The molecule has 2 aromatic carbocycles. The lowest BCUT2D eigenvalue weighted by Crippen LogP contribution is -2.30. The Morgan fingerprint density at radius 3 is 2.40 bits per heavy atom. The number of sulfonamides is 1. The van der Waals surface area contributed by atoms with Gasteiger partial charge < -0.3 is 10.1 Å². The Labute approximate surface area is 148 Å². The summed E-state index contributed by atoms with van der Waals surface area (Å²) in [4.78, 5) is 12.1. The highest BCUT2D eigenvalue weighted by molar-refractivity contribution is 7.92. The minimum Gasteiger partial charge on any atom is -0.494 e. The van der Waals surface area contributed by atoms with Crippen LogP contribution < -0.4 is 14.8 Å². The molecule has 0 saturated carbocycles. The maximum Gasteiger partial charge on any atom is 0.261 e. The summed E-state index contributed by atoms with van der Waals surface area (Å²) in [5.74, 6) is 0.353. The van der Waals surface area contributed by atoms with Crippen molar-refractivity contribution in [3.8, 4) is 5.75 Å². The second-order valence-electron chi connectivity index (χ2n) is 5.72. The van der Waals surface area contributed by atoms with Crippen molar-refractivity contribution < 1.29 is 17.9 Å². The fourth-order valence-electron chi connectivity index (χ4n) is 2.15. The van der Waals surface area contributed by atoms with Crippen LogP contribution >= 0.6 is 0 Å². The highest BCUT2D eigenvalue weighted by Gasteiger charge is 2.17. The lowest BCUT2D eigenvalue weighted by Gasteiger charge is -2.11.